The van der Waals surface area contributed by atoms with Gasteiger partial charge in [-0.25, -0.2) is 0 Å². The summed E-state index contributed by atoms with van der Waals surface area (Å²) >= 11 is 1.88. The van der Waals surface area contributed by atoms with Crippen LogP contribution in [0.4, 0.5) is 5.69 Å². The second-order valence-electron chi connectivity index (χ2n) is 6.45. The lowest BCUT2D eigenvalue weighted by Crippen LogP contribution is -2.53. The lowest BCUT2D eigenvalue weighted by Gasteiger charge is -2.35. The molecule has 1 aromatic rings. The van der Waals surface area contributed by atoms with Crippen molar-refractivity contribution in [3.63, 3.8) is 0 Å². The van der Waals surface area contributed by atoms with Gasteiger partial charge in [0.05, 0.1) is 13.2 Å². The lowest BCUT2D eigenvalue weighted by atomic mass is 10.2. The van der Waals surface area contributed by atoms with Crippen molar-refractivity contribution >= 4 is 29.3 Å². The van der Waals surface area contributed by atoms with E-state index < -0.39 is 6.10 Å². The van der Waals surface area contributed by atoms with Crippen molar-refractivity contribution in [3.05, 3.63) is 29.8 Å². The average molecular weight is 363 g/mol. The Morgan fingerprint density at radius 1 is 1.28 bits per heavy atom. The van der Waals surface area contributed by atoms with Gasteiger partial charge in [0.2, 0.25) is 5.91 Å². The van der Waals surface area contributed by atoms with Crippen molar-refractivity contribution in [3.8, 4) is 0 Å². The van der Waals surface area contributed by atoms with E-state index in [0.29, 0.717) is 19.7 Å². The highest BCUT2D eigenvalue weighted by molar-refractivity contribution is 7.99. The number of amides is 2. The number of rotatable bonds is 4. The van der Waals surface area contributed by atoms with Crippen molar-refractivity contribution < 1.29 is 14.3 Å². The van der Waals surface area contributed by atoms with Crippen LogP contribution in [0.15, 0.2) is 24.3 Å². The van der Waals surface area contributed by atoms with Crippen molar-refractivity contribution in [2.24, 2.45) is 0 Å². The quantitative estimate of drug-likeness (QED) is 0.871. The molecular formula is C18H25N3O3S. The highest BCUT2D eigenvalue weighted by atomic mass is 32.2. The molecule has 1 unspecified atom stereocenters. The van der Waals surface area contributed by atoms with E-state index in [9.17, 15) is 9.59 Å². The summed E-state index contributed by atoms with van der Waals surface area (Å²) in [5.41, 5.74) is 1.91. The van der Waals surface area contributed by atoms with Gasteiger partial charge in [0.15, 0.2) is 0 Å². The molecule has 1 N–H and O–H groups in total. The fourth-order valence-electron chi connectivity index (χ4n) is 3.11. The first-order valence-electron chi connectivity index (χ1n) is 8.69. The second-order valence-corrected chi connectivity index (χ2v) is 7.67. The summed E-state index contributed by atoms with van der Waals surface area (Å²) < 4.78 is 5.67. The molecule has 6 nitrogen and oxygen atoms in total. The van der Waals surface area contributed by atoms with Crippen molar-refractivity contribution in [2.45, 2.75) is 13.0 Å². The molecule has 0 aliphatic carbocycles. The first kappa shape index (κ1) is 18.2. The molecule has 2 saturated heterocycles. The fraction of sp³-hybridized carbons (Fsp3) is 0.556. The summed E-state index contributed by atoms with van der Waals surface area (Å²) in [7, 11) is 0. The van der Waals surface area contributed by atoms with Crippen molar-refractivity contribution in [1.82, 2.24) is 9.80 Å². The van der Waals surface area contributed by atoms with Crippen LogP contribution < -0.4 is 5.32 Å². The maximum atomic E-state index is 12.6. The molecule has 7 heteroatoms. The number of nitrogens with zero attached hydrogens (tertiary/aromatic N) is 2. The molecule has 3 rings (SSSR count). The van der Waals surface area contributed by atoms with Crippen LogP contribution in [0.2, 0.25) is 0 Å². The van der Waals surface area contributed by atoms with Crippen LogP contribution in [0.5, 0.6) is 0 Å². The molecule has 0 aromatic heterocycles. The normalized spacial score (nSPS) is 21.8. The molecule has 2 aliphatic heterocycles. The predicted molar refractivity (Wildman–Crippen MR) is 99.9 cm³/mol. The third kappa shape index (κ3) is 5.20. The number of aryl methyl sites for hydroxylation is 1. The molecule has 0 bridgehead atoms. The zero-order chi connectivity index (χ0) is 17.6. The molecule has 0 spiro atoms. The van der Waals surface area contributed by atoms with Gasteiger partial charge in [-0.05, 0) is 24.6 Å². The van der Waals surface area contributed by atoms with Crippen LogP contribution in [0, 0.1) is 6.92 Å². The Balaban J connectivity index is 1.50. The van der Waals surface area contributed by atoms with E-state index in [1.165, 1.54) is 0 Å². The first-order chi connectivity index (χ1) is 12.1. The maximum Gasteiger partial charge on any atom is 0.253 e. The Morgan fingerprint density at radius 3 is 2.84 bits per heavy atom. The van der Waals surface area contributed by atoms with E-state index in [4.69, 9.17) is 4.74 Å². The molecule has 2 fully saturated rings. The summed E-state index contributed by atoms with van der Waals surface area (Å²) in [6.07, 6.45) is -0.455. The van der Waals surface area contributed by atoms with Crippen molar-refractivity contribution in [1.29, 1.82) is 0 Å². The number of carbonyl (C=O) groups is 2. The Hall–Kier alpha value is -1.57. The average Bonchev–Trinajstić information content (AvgIpc) is 2.62. The molecule has 2 heterocycles. The highest BCUT2D eigenvalue weighted by Crippen LogP contribution is 2.14. The number of hydrogen-bond donors (Lipinski definition) is 1. The van der Waals surface area contributed by atoms with Crippen LogP contribution in [-0.4, -0.2) is 78.6 Å². The predicted octanol–water partition coefficient (Wildman–Crippen LogP) is 1.21. The number of ether oxygens (including phenoxy) is 1. The van der Waals surface area contributed by atoms with Crippen LogP contribution in [0.3, 0.4) is 0 Å². The molecule has 25 heavy (non-hydrogen) atoms. The van der Waals surface area contributed by atoms with E-state index in [2.05, 4.69) is 5.32 Å². The van der Waals surface area contributed by atoms with Gasteiger partial charge in [0.1, 0.15) is 6.10 Å². The molecular weight excluding hydrogens is 338 g/mol. The highest BCUT2D eigenvalue weighted by Gasteiger charge is 2.31. The van der Waals surface area contributed by atoms with Gasteiger partial charge in [-0.15, -0.1) is 0 Å². The topological polar surface area (TPSA) is 61.9 Å². The SMILES string of the molecule is Cc1cccc(NC(=O)CN2CCOC(C(=O)N3CCSCC3)C2)c1. The van der Waals surface area contributed by atoms with Gasteiger partial charge >= 0.3 is 0 Å². The zero-order valence-electron chi connectivity index (χ0n) is 14.6. The number of hydrogen-bond acceptors (Lipinski definition) is 5. The Morgan fingerprint density at radius 2 is 2.08 bits per heavy atom. The van der Waals surface area contributed by atoms with E-state index in [1.54, 1.807) is 0 Å². The Labute approximate surface area is 152 Å². The fourth-order valence-corrected chi connectivity index (χ4v) is 4.01. The summed E-state index contributed by atoms with van der Waals surface area (Å²) in [6, 6.07) is 7.74. The van der Waals surface area contributed by atoms with E-state index in [-0.39, 0.29) is 18.4 Å². The van der Waals surface area contributed by atoms with Gasteiger partial charge < -0.3 is 15.0 Å². The molecule has 136 valence electrons. The first-order valence-corrected chi connectivity index (χ1v) is 9.84. The molecule has 0 radical (unpaired) electrons. The summed E-state index contributed by atoms with van der Waals surface area (Å²) in [6.45, 7) is 5.47. The van der Waals surface area contributed by atoms with Crippen molar-refractivity contribution in [2.75, 3.05) is 56.2 Å². The molecule has 0 saturated carbocycles. The van der Waals surface area contributed by atoms with Gasteiger partial charge in [-0.3, -0.25) is 14.5 Å². The number of nitrogens with one attached hydrogen (secondary N) is 1. The number of morpholine rings is 1. The van der Waals surface area contributed by atoms with Gasteiger partial charge in [-0.1, -0.05) is 12.1 Å². The largest absolute Gasteiger partial charge is 0.366 e. The number of benzene rings is 1. The van der Waals surface area contributed by atoms with E-state index in [0.717, 1.165) is 35.8 Å². The summed E-state index contributed by atoms with van der Waals surface area (Å²) in [4.78, 5) is 28.7. The van der Waals surface area contributed by atoms with Crippen LogP contribution in [-0.2, 0) is 14.3 Å². The summed E-state index contributed by atoms with van der Waals surface area (Å²) in [5.74, 6) is 1.97. The van der Waals surface area contributed by atoms with Gasteiger partial charge in [0, 0.05) is 43.4 Å². The minimum absolute atomic E-state index is 0.0593. The Bertz CT molecular complexity index is 619. The third-order valence-electron chi connectivity index (χ3n) is 4.42. The summed E-state index contributed by atoms with van der Waals surface area (Å²) in [5, 5.41) is 2.92. The number of carbonyl (C=O) groups excluding carboxylic acids is 2. The van der Waals surface area contributed by atoms with E-state index in [1.807, 2.05) is 52.8 Å². The van der Waals surface area contributed by atoms with Gasteiger partial charge in [0.25, 0.3) is 5.91 Å². The van der Waals surface area contributed by atoms with Crippen LogP contribution in [0.25, 0.3) is 0 Å². The lowest BCUT2D eigenvalue weighted by molar-refractivity contribution is -0.149. The number of anilines is 1. The molecule has 1 atom stereocenters. The maximum absolute atomic E-state index is 12.6. The van der Waals surface area contributed by atoms with Gasteiger partial charge in [-0.2, -0.15) is 11.8 Å². The Kier molecular flexibility index (Phi) is 6.34. The third-order valence-corrected chi connectivity index (χ3v) is 5.36. The minimum Gasteiger partial charge on any atom is -0.366 e. The second kappa shape index (κ2) is 8.69. The van der Waals surface area contributed by atoms with E-state index >= 15 is 0 Å². The van der Waals surface area contributed by atoms with Crippen LogP contribution in [0.1, 0.15) is 5.56 Å². The zero-order valence-corrected chi connectivity index (χ0v) is 15.4. The smallest absolute Gasteiger partial charge is 0.253 e. The standard InChI is InChI=1S/C18H25N3O3S/c1-14-3-2-4-15(11-14)19-17(22)13-20-5-8-24-16(12-20)18(23)21-6-9-25-10-7-21/h2-4,11,16H,5-10,12-13H2,1H3,(H,19,22). The molecule has 2 aliphatic rings. The molecule has 2 amide bonds. The monoisotopic (exact) mass is 363 g/mol. The minimum atomic E-state index is -0.455. The number of thioether (sulfide) groups is 1. The van der Waals surface area contributed by atoms with Crippen LogP contribution >= 0.6 is 11.8 Å². The molecule has 1 aromatic carbocycles.